The zero-order valence-corrected chi connectivity index (χ0v) is 15.7. The van der Waals surface area contributed by atoms with Crippen molar-refractivity contribution >= 4 is 17.7 Å². The van der Waals surface area contributed by atoms with Crippen LogP contribution in [0.15, 0.2) is 65.4 Å². The fourth-order valence-electron chi connectivity index (χ4n) is 2.89. The van der Waals surface area contributed by atoms with Gasteiger partial charge >= 0.3 is 5.97 Å². The van der Waals surface area contributed by atoms with Crippen molar-refractivity contribution in [2.24, 2.45) is 0 Å². The lowest BCUT2D eigenvalue weighted by Gasteiger charge is -2.13. The molecule has 0 aliphatic carbocycles. The molecule has 0 bridgehead atoms. The maximum absolute atomic E-state index is 12.2. The van der Waals surface area contributed by atoms with Crippen molar-refractivity contribution in [3.8, 4) is 0 Å². The summed E-state index contributed by atoms with van der Waals surface area (Å²) in [6, 6.07) is 14.9. The summed E-state index contributed by atoms with van der Waals surface area (Å²) in [7, 11) is 0. The van der Waals surface area contributed by atoms with Gasteiger partial charge in [0.15, 0.2) is 11.6 Å². The van der Waals surface area contributed by atoms with Gasteiger partial charge in [-0.15, -0.1) is 0 Å². The molecule has 1 unspecified atom stereocenters. The van der Waals surface area contributed by atoms with Gasteiger partial charge in [0, 0.05) is 31.6 Å². The highest BCUT2D eigenvalue weighted by Crippen LogP contribution is 2.24. The Labute approximate surface area is 168 Å². The maximum Gasteiger partial charge on any atom is 0.303 e. The van der Waals surface area contributed by atoms with Crippen LogP contribution in [0.4, 0.5) is 5.82 Å². The zero-order valence-electron chi connectivity index (χ0n) is 15.7. The zero-order chi connectivity index (χ0) is 20.5. The Kier molecular flexibility index (Phi) is 6.94. The number of hydrogen-bond donors (Lipinski definition) is 3. The van der Waals surface area contributed by atoms with Gasteiger partial charge in [-0.2, -0.15) is 0 Å². The molecule has 2 heterocycles. The largest absolute Gasteiger partial charge is 0.481 e. The van der Waals surface area contributed by atoms with Crippen LogP contribution in [0.1, 0.15) is 34.3 Å². The van der Waals surface area contributed by atoms with E-state index in [9.17, 15) is 14.7 Å². The minimum Gasteiger partial charge on any atom is -0.481 e. The number of carbonyl (C=O) groups excluding carboxylic acids is 1. The predicted octanol–water partition coefficient (Wildman–Crippen LogP) is 2.71. The van der Waals surface area contributed by atoms with Crippen LogP contribution in [0.2, 0.25) is 0 Å². The fourth-order valence-corrected chi connectivity index (χ4v) is 2.89. The number of nitrogens with one attached hydrogen (secondary N) is 2. The highest BCUT2D eigenvalue weighted by molar-refractivity contribution is 5.91. The second-order valence-electron chi connectivity index (χ2n) is 6.43. The molecule has 0 aliphatic heterocycles. The minimum atomic E-state index is -0.899. The lowest BCUT2D eigenvalue weighted by atomic mass is 9.92. The third-order valence-electron chi connectivity index (χ3n) is 4.28. The van der Waals surface area contributed by atoms with Crippen molar-refractivity contribution in [1.29, 1.82) is 0 Å². The van der Waals surface area contributed by atoms with E-state index in [-0.39, 0.29) is 23.9 Å². The molecular weight excluding hydrogens is 372 g/mol. The van der Waals surface area contributed by atoms with Gasteiger partial charge in [-0.05, 0) is 17.7 Å². The summed E-state index contributed by atoms with van der Waals surface area (Å²) in [5.41, 5.74) is 1.06. The summed E-state index contributed by atoms with van der Waals surface area (Å²) in [5.74, 6) is -0.473. The van der Waals surface area contributed by atoms with Gasteiger partial charge < -0.3 is 20.2 Å². The molecule has 1 aromatic carbocycles. The monoisotopic (exact) mass is 394 g/mol. The van der Waals surface area contributed by atoms with Crippen LogP contribution >= 0.6 is 0 Å². The molecule has 2 aromatic heterocycles. The molecule has 1 amide bonds. The van der Waals surface area contributed by atoms with Crippen molar-refractivity contribution in [2.45, 2.75) is 18.8 Å². The van der Waals surface area contributed by atoms with Crippen LogP contribution in [-0.2, 0) is 11.2 Å². The first-order valence-electron chi connectivity index (χ1n) is 9.26. The number of nitrogens with zero attached hydrogens (tertiary/aromatic N) is 2. The van der Waals surface area contributed by atoms with Gasteiger partial charge in [0.25, 0.3) is 5.91 Å². The fraction of sp³-hybridized carbons (Fsp3) is 0.238. The standard InChI is InChI=1S/C21H22N4O4/c26-20(27)13-16(15-6-2-1-3-7-15)12-19-25-17(14-29-19)21(28)24-11-10-23-18-8-4-5-9-22-18/h1-9,14,16H,10-13H2,(H,22,23)(H,24,28)(H,26,27). The molecule has 0 radical (unpaired) electrons. The van der Waals surface area contributed by atoms with Crippen LogP contribution in [0, 0.1) is 0 Å². The van der Waals surface area contributed by atoms with E-state index in [0.717, 1.165) is 11.4 Å². The first-order chi connectivity index (χ1) is 14.1. The molecule has 8 heteroatoms. The van der Waals surface area contributed by atoms with Gasteiger partial charge in [-0.3, -0.25) is 9.59 Å². The number of aromatic nitrogens is 2. The third kappa shape index (κ3) is 6.17. The summed E-state index contributed by atoms with van der Waals surface area (Å²) in [4.78, 5) is 31.8. The Bertz CT molecular complexity index is 928. The highest BCUT2D eigenvalue weighted by atomic mass is 16.4. The van der Waals surface area contributed by atoms with Gasteiger partial charge in [0.2, 0.25) is 0 Å². The Hall–Kier alpha value is -3.68. The van der Waals surface area contributed by atoms with Crippen molar-refractivity contribution in [3.63, 3.8) is 0 Å². The van der Waals surface area contributed by atoms with Crippen LogP contribution < -0.4 is 10.6 Å². The number of oxazole rings is 1. The molecular formula is C21H22N4O4. The smallest absolute Gasteiger partial charge is 0.303 e. The molecule has 3 rings (SSSR count). The average Bonchev–Trinajstić information content (AvgIpc) is 3.20. The third-order valence-corrected chi connectivity index (χ3v) is 4.28. The number of carboxylic acids is 1. The summed E-state index contributed by atoms with van der Waals surface area (Å²) >= 11 is 0. The normalized spacial score (nSPS) is 11.6. The molecule has 150 valence electrons. The van der Waals surface area contributed by atoms with E-state index in [1.165, 1.54) is 6.26 Å². The van der Waals surface area contributed by atoms with E-state index in [1.54, 1.807) is 6.20 Å². The van der Waals surface area contributed by atoms with Gasteiger partial charge in [0.1, 0.15) is 12.1 Å². The highest BCUT2D eigenvalue weighted by Gasteiger charge is 2.20. The molecule has 3 aromatic rings. The molecule has 1 atom stereocenters. The maximum atomic E-state index is 12.2. The van der Waals surface area contributed by atoms with Crippen molar-refractivity contribution < 1.29 is 19.1 Å². The van der Waals surface area contributed by atoms with Crippen LogP contribution in [0.25, 0.3) is 0 Å². The van der Waals surface area contributed by atoms with E-state index in [0.29, 0.717) is 25.4 Å². The molecule has 0 saturated carbocycles. The number of amides is 1. The SMILES string of the molecule is O=C(O)CC(Cc1nc(C(=O)NCCNc2ccccn2)co1)c1ccccc1. The number of benzene rings is 1. The van der Waals surface area contributed by atoms with E-state index in [1.807, 2.05) is 48.5 Å². The van der Waals surface area contributed by atoms with Crippen molar-refractivity contribution in [2.75, 3.05) is 18.4 Å². The Morgan fingerprint density at radius 2 is 1.86 bits per heavy atom. The van der Waals surface area contributed by atoms with Crippen LogP contribution in [0.3, 0.4) is 0 Å². The number of aliphatic carboxylic acids is 1. The summed E-state index contributed by atoms with van der Waals surface area (Å²) < 4.78 is 5.40. The number of rotatable bonds is 10. The van der Waals surface area contributed by atoms with Crippen molar-refractivity contribution in [3.05, 3.63) is 78.1 Å². The Morgan fingerprint density at radius 1 is 1.07 bits per heavy atom. The van der Waals surface area contributed by atoms with Crippen LogP contribution in [0.5, 0.6) is 0 Å². The van der Waals surface area contributed by atoms with E-state index in [2.05, 4.69) is 20.6 Å². The molecule has 8 nitrogen and oxygen atoms in total. The number of hydrogen-bond acceptors (Lipinski definition) is 6. The van der Waals surface area contributed by atoms with Gasteiger partial charge in [-0.1, -0.05) is 36.4 Å². The van der Waals surface area contributed by atoms with E-state index < -0.39 is 5.97 Å². The summed E-state index contributed by atoms with van der Waals surface area (Å²) in [6.07, 6.45) is 3.22. The van der Waals surface area contributed by atoms with Gasteiger partial charge in [-0.25, -0.2) is 9.97 Å². The lowest BCUT2D eigenvalue weighted by Crippen LogP contribution is -2.29. The summed E-state index contributed by atoms with van der Waals surface area (Å²) in [6.45, 7) is 0.908. The first-order valence-corrected chi connectivity index (χ1v) is 9.26. The van der Waals surface area contributed by atoms with Gasteiger partial charge in [0.05, 0.1) is 6.42 Å². The number of anilines is 1. The van der Waals surface area contributed by atoms with Crippen LogP contribution in [-0.4, -0.2) is 40.0 Å². The Morgan fingerprint density at radius 3 is 2.59 bits per heavy atom. The molecule has 3 N–H and O–H groups in total. The molecule has 29 heavy (non-hydrogen) atoms. The molecule has 0 saturated heterocycles. The second-order valence-corrected chi connectivity index (χ2v) is 6.43. The molecule has 0 aliphatic rings. The molecule has 0 spiro atoms. The summed E-state index contributed by atoms with van der Waals surface area (Å²) in [5, 5.41) is 15.0. The quantitative estimate of drug-likeness (QED) is 0.453. The Balaban J connectivity index is 1.53. The minimum absolute atomic E-state index is 0.0485. The van der Waals surface area contributed by atoms with E-state index in [4.69, 9.17) is 4.42 Å². The predicted molar refractivity (Wildman–Crippen MR) is 107 cm³/mol. The number of carbonyl (C=O) groups is 2. The first kappa shape index (κ1) is 20.1. The number of pyridine rings is 1. The lowest BCUT2D eigenvalue weighted by molar-refractivity contribution is -0.137. The number of carboxylic acid groups (broad SMARTS) is 1. The van der Waals surface area contributed by atoms with E-state index >= 15 is 0 Å². The average molecular weight is 394 g/mol. The van der Waals surface area contributed by atoms with Crippen molar-refractivity contribution in [1.82, 2.24) is 15.3 Å². The second kappa shape index (κ2) is 10.0. The molecule has 0 fully saturated rings. The topological polar surface area (TPSA) is 117 Å².